The SMILES string of the molecule is COC(=O)c1cn(COCC[Si](C)(C)C)c2nccc(Nc3cc(-c4cc(Cl)ccc4F)nc4c3OCCN4C(=O)OC(C)(C)C)c12. The van der Waals surface area contributed by atoms with Gasteiger partial charge in [-0.3, -0.25) is 4.90 Å². The summed E-state index contributed by atoms with van der Waals surface area (Å²) in [6.45, 7) is 13.2. The average molecular weight is 684 g/mol. The molecule has 11 nitrogen and oxygen atoms in total. The van der Waals surface area contributed by atoms with Gasteiger partial charge in [-0.15, -0.1) is 0 Å². The molecule has 0 unspecified atom stereocenters. The molecule has 0 fully saturated rings. The molecule has 1 N–H and O–H groups in total. The predicted octanol–water partition coefficient (Wildman–Crippen LogP) is 7.87. The standard InChI is InChI=1S/C33H39ClFN5O6Si/c1-33(2,3)46-32(42)40-12-13-45-28-26(17-25(38-30(28)40)21-16-20(34)8-9-23(21)35)37-24-10-11-36-29-27(24)22(31(41)43-4)18-39(29)19-44-14-15-47(5,6)7/h8-11,16-18H,12-15,19H2,1-7H3,(H,36,37,38). The van der Waals surface area contributed by atoms with Crippen LogP contribution in [0.1, 0.15) is 31.1 Å². The van der Waals surface area contributed by atoms with Gasteiger partial charge in [-0.1, -0.05) is 31.2 Å². The van der Waals surface area contributed by atoms with Gasteiger partial charge in [0.1, 0.15) is 30.4 Å². The van der Waals surface area contributed by atoms with Crippen LogP contribution in [0.2, 0.25) is 30.7 Å². The number of carbonyl (C=O) groups is 2. The third-order valence-electron chi connectivity index (χ3n) is 7.25. The quantitative estimate of drug-likeness (QED) is 0.107. The zero-order valence-electron chi connectivity index (χ0n) is 27.6. The molecule has 0 saturated heterocycles. The highest BCUT2D eigenvalue weighted by molar-refractivity contribution is 6.76. The maximum atomic E-state index is 15.2. The van der Waals surface area contributed by atoms with Crippen molar-refractivity contribution in [1.29, 1.82) is 0 Å². The molecule has 250 valence electrons. The molecule has 0 bridgehead atoms. The van der Waals surface area contributed by atoms with Crippen LogP contribution >= 0.6 is 11.6 Å². The molecule has 4 heterocycles. The fourth-order valence-electron chi connectivity index (χ4n) is 4.98. The minimum absolute atomic E-state index is 0.120. The van der Waals surface area contributed by atoms with E-state index < -0.39 is 31.6 Å². The Morgan fingerprint density at radius 1 is 1.15 bits per heavy atom. The number of hydrogen-bond donors (Lipinski definition) is 1. The van der Waals surface area contributed by atoms with Crippen molar-refractivity contribution in [2.45, 2.75) is 58.8 Å². The van der Waals surface area contributed by atoms with E-state index in [0.717, 1.165) is 6.04 Å². The lowest BCUT2D eigenvalue weighted by atomic mass is 10.1. The Kier molecular flexibility index (Phi) is 9.80. The Morgan fingerprint density at radius 2 is 1.91 bits per heavy atom. The van der Waals surface area contributed by atoms with Crippen LogP contribution in [0.25, 0.3) is 22.3 Å². The highest BCUT2D eigenvalue weighted by Crippen LogP contribution is 2.43. The normalized spacial score (nSPS) is 13.3. The lowest BCUT2D eigenvalue weighted by Crippen LogP contribution is -2.42. The van der Waals surface area contributed by atoms with Crippen LogP contribution in [-0.2, 0) is 20.9 Å². The van der Waals surface area contributed by atoms with Crippen molar-refractivity contribution in [3.8, 4) is 17.0 Å². The van der Waals surface area contributed by atoms with Crippen molar-refractivity contribution in [3.05, 3.63) is 59.1 Å². The number of esters is 1. The first-order valence-corrected chi connectivity index (χ1v) is 19.3. The molecule has 14 heteroatoms. The lowest BCUT2D eigenvalue weighted by Gasteiger charge is -2.32. The number of benzene rings is 1. The average Bonchev–Trinajstić information content (AvgIpc) is 3.38. The zero-order chi connectivity index (χ0) is 34.1. The Hall–Kier alpha value is -4.20. The maximum Gasteiger partial charge on any atom is 0.416 e. The van der Waals surface area contributed by atoms with Crippen molar-refractivity contribution < 1.29 is 32.9 Å². The highest BCUT2D eigenvalue weighted by atomic mass is 35.5. The number of amides is 1. The van der Waals surface area contributed by atoms with Gasteiger partial charge in [-0.2, -0.15) is 0 Å². The molecule has 0 aliphatic carbocycles. The summed E-state index contributed by atoms with van der Waals surface area (Å²) in [4.78, 5) is 36.9. The molecule has 5 rings (SSSR count). The van der Waals surface area contributed by atoms with E-state index in [4.69, 9.17) is 30.5 Å². The van der Waals surface area contributed by atoms with E-state index in [1.165, 1.54) is 30.2 Å². The van der Waals surface area contributed by atoms with Crippen molar-refractivity contribution in [2.24, 2.45) is 0 Å². The third-order valence-corrected chi connectivity index (χ3v) is 9.19. The molecule has 0 atom stereocenters. The van der Waals surface area contributed by atoms with Gasteiger partial charge in [0.15, 0.2) is 11.6 Å². The summed E-state index contributed by atoms with van der Waals surface area (Å²) in [5.41, 5.74) is 1.15. The van der Waals surface area contributed by atoms with Crippen molar-refractivity contribution >= 4 is 60.0 Å². The molecule has 0 radical (unpaired) electrons. The number of rotatable bonds is 9. The zero-order valence-corrected chi connectivity index (χ0v) is 29.3. The second-order valence-electron chi connectivity index (χ2n) is 13.3. The highest BCUT2D eigenvalue weighted by Gasteiger charge is 2.33. The molecule has 1 aliphatic rings. The summed E-state index contributed by atoms with van der Waals surface area (Å²) < 4.78 is 39.8. The van der Waals surface area contributed by atoms with E-state index in [1.807, 2.05) is 0 Å². The molecule has 4 aromatic rings. The smallest absolute Gasteiger partial charge is 0.416 e. The van der Waals surface area contributed by atoms with Gasteiger partial charge in [0.25, 0.3) is 0 Å². The first-order chi connectivity index (χ1) is 22.1. The van der Waals surface area contributed by atoms with Gasteiger partial charge in [-0.25, -0.2) is 23.9 Å². The number of anilines is 3. The number of aromatic nitrogens is 3. The number of nitrogens with one attached hydrogen (secondary N) is 1. The van der Waals surface area contributed by atoms with Crippen LogP contribution in [0.3, 0.4) is 0 Å². The summed E-state index contributed by atoms with van der Waals surface area (Å²) in [5.74, 6) is -0.736. The lowest BCUT2D eigenvalue weighted by molar-refractivity contribution is 0.0563. The molecule has 1 aromatic carbocycles. The number of pyridine rings is 2. The van der Waals surface area contributed by atoms with Crippen LogP contribution in [0.15, 0.2) is 42.7 Å². The number of halogens is 2. The third kappa shape index (κ3) is 7.86. The fourth-order valence-corrected chi connectivity index (χ4v) is 5.91. The second kappa shape index (κ2) is 13.5. The Morgan fingerprint density at radius 3 is 2.62 bits per heavy atom. The number of nitrogens with zero attached hydrogens (tertiary/aromatic N) is 4. The summed E-state index contributed by atoms with van der Waals surface area (Å²) >= 11 is 6.25. The number of methoxy groups -OCH3 is 1. The van der Waals surface area contributed by atoms with Crippen LogP contribution in [0.4, 0.5) is 26.4 Å². The first kappa shape index (κ1) is 34.1. The van der Waals surface area contributed by atoms with Crippen molar-refractivity contribution in [2.75, 3.05) is 37.1 Å². The number of ether oxygens (including phenoxy) is 4. The van der Waals surface area contributed by atoms with Gasteiger partial charge >= 0.3 is 12.1 Å². The number of carbonyl (C=O) groups excluding carboxylic acids is 2. The monoisotopic (exact) mass is 683 g/mol. The largest absolute Gasteiger partial charge is 0.486 e. The van der Waals surface area contributed by atoms with Gasteiger partial charge in [-0.05, 0) is 57.1 Å². The van der Waals surface area contributed by atoms with Crippen molar-refractivity contribution in [3.63, 3.8) is 0 Å². The van der Waals surface area contributed by atoms with Crippen LogP contribution < -0.4 is 15.0 Å². The Bertz CT molecular complexity index is 1820. The van der Waals surface area contributed by atoms with Gasteiger partial charge < -0.3 is 28.8 Å². The fraction of sp³-hybridized carbons (Fsp3) is 0.394. The summed E-state index contributed by atoms with van der Waals surface area (Å²) in [5, 5.41) is 4.14. The van der Waals surface area contributed by atoms with Gasteiger partial charge in [0, 0.05) is 37.7 Å². The van der Waals surface area contributed by atoms with Crippen molar-refractivity contribution in [1.82, 2.24) is 14.5 Å². The summed E-state index contributed by atoms with van der Waals surface area (Å²) in [7, 11) is 0.00278. The summed E-state index contributed by atoms with van der Waals surface area (Å²) in [6, 6.07) is 8.43. The van der Waals surface area contributed by atoms with E-state index in [-0.39, 0.29) is 48.3 Å². The van der Waals surface area contributed by atoms with Crippen LogP contribution in [-0.4, -0.2) is 67.1 Å². The molecule has 3 aromatic heterocycles. The maximum absolute atomic E-state index is 15.2. The molecule has 0 saturated carbocycles. The topological polar surface area (TPSA) is 117 Å². The molecular formula is C33H39ClFN5O6Si. The molecule has 0 spiro atoms. The molecule has 1 aliphatic heterocycles. The Balaban J connectivity index is 1.63. The number of hydrogen-bond acceptors (Lipinski definition) is 9. The van der Waals surface area contributed by atoms with E-state index >= 15 is 4.39 Å². The summed E-state index contributed by atoms with van der Waals surface area (Å²) in [6.07, 6.45) is 2.62. The van der Waals surface area contributed by atoms with E-state index in [2.05, 4.69) is 34.9 Å². The van der Waals surface area contributed by atoms with E-state index in [0.29, 0.717) is 34.0 Å². The molecule has 1 amide bonds. The first-order valence-electron chi connectivity index (χ1n) is 15.2. The number of fused-ring (bicyclic) bond motifs is 2. The minimum Gasteiger partial charge on any atom is -0.486 e. The predicted molar refractivity (Wildman–Crippen MR) is 182 cm³/mol. The van der Waals surface area contributed by atoms with Gasteiger partial charge in [0.2, 0.25) is 0 Å². The van der Waals surface area contributed by atoms with E-state index in [9.17, 15) is 9.59 Å². The van der Waals surface area contributed by atoms with Gasteiger partial charge in [0.05, 0.1) is 41.7 Å². The second-order valence-corrected chi connectivity index (χ2v) is 19.4. The minimum atomic E-state index is -1.31. The van der Waals surface area contributed by atoms with Crippen LogP contribution in [0.5, 0.6) is 5.75 Å². The Labute approximate surface area is 278 Å². The molecular weight excluding hydrogens is 645 g/mol. The van der Waals surface area contributed by atoms with Crippen LogP contribution in [0, 0.1) is 5.82 Å². The molecule has 47 heavy (non-hydrogen) atoms. The van der Waals surface area contributed by atoms with E-state index in [1.54, 1.807) is 49.9 Å².